The molecule has 0 bridgehead atoms. The number of hydrogen-bond acceptors (Lipinski definition) is 2. The van der Waals surface area contributed by atoms with Crippen molar-refractivity contribution in [1.29, 1.82) is 0 Å². The maximum absolute atomic E-state index is 13.6. The molecular formula is C26H23F4N3O2. The predicted octanol–water partition coefficient (Wildman–Crippen LogP) is 6.24. The van der Waals surface area contributed by atoms with Crippen LogP contribution in [0.3, 0.4) is 0 Å². The number of urea groups is 1. The molecule has 0 radical (unpaired) electrons. The first kappa shape index (κ1) is 24.3. The minimum absolute atomic E-state index is 0.0585. The van der Waals surface area contributed by atoms with Gasteiger partial charge < -0.3 is 10.2 Å². The Morgan fingerprint density at radius 1 is 1.00 bits per heavy atom. The molecule has 5 nitrogen and oxygen atoms in total. The molecule has 0 aromatic heterocycles. The standard InChI is InChI=1S/C26H23F4N3O2/c1-17-6-11-23(22(14-17)31-24(34)19-7-9-20(10-8-19)26(28,29)30)33-13-3-12-32(25(33)35)16-18-4-2-5-21(27)15-18/h2,4-11,14-15H,3,12-13,16H2,1H3,(H,31,34). The highest BCUT2D eigenvalue weighted by molar-refractivity contribution is 6.07. The van der Waals surface area contributed by atoms with Crippen LogP contribution in [0.2, 0.25) is 0 Å². The number of alkyl halides is 3. The highest BCUT2D eigenvalue weighted by Crippen LogP contribution is 2.32. The van der Waals surface area contributed by atoms with E-state index in [4.69, 9.17) is 0 Å². The summed E-state index contributed by atoms with van der Waals surface area (Å²) in [5.74, 6) is -0.970. The topological polar surface area (TPSA) is 52.6 Å². The lowest BCUT2D eigenvalue weighted by Crippen LogP contribution is -2.49. The fourth-order valence-corrected chi connectivity index (χ4v) is 4.00. The second kappa shape index (κ2) is 9.77. The molecule has 1 heterocycles. The van der Waals surface area contributed by atoms with Crippen LogP contribution in [-0.2, 0) is 12.7 Å². The van der Waals surface area contributed by atoms with Gasteiger partial charge in [0.1, 0.15) is 5.82 Å². The zero-order valence-electron chi connectivity index (χ0n) is 18.9. The van der Waals surface area contributed by atoms with Crippen molar-refractivity contribution in [2.75, 3.05) is 23.3 Å². The van der Waals surface area contributed by atoms with Gasteiger partial charge in [-0.1, -0.05) is 18.2 Å². The zero-order chi connectivity index (χ0) is 25.2. The molecule has 182 valence electrons. The van der Waals surface area contributed by atoms with Gasteiger partial charge in [0.2, 0.25) is 0 Å². The molecule has 3 aromatic rings. The minimum atomic E-state index is -4.50. The van der Waals surface area contributed by atoms with Crippen LogP contribution < -0.4 is 10.2 Å². The number of carbonyl (C=O) groups excluding carboxylic acids is 2. The van der Waals surface area contributed by atoms with E-state index in [2.05, 4.69) is 5.32 Å². The normalized spacial score (nSPS) is 14.3. The van der Waals surface area contributed by atoms with Crippen LogP contribution in [0.25, 0.3) is 0 Å². The second-order valence-corrected chi connectivity index (χ2v) is 8.39. The molecular weight excluding hydrogens is 462 g/mol. The number of carbonyl (C=O) groups is 2. The van der Waals surface area contributed by atoms with Gasteiger partial charge in [-0.2, -0.15) is 13.2 Å². The number of nitrogens with one attached hydrogen (secondary N) is 1. The molecule has 0 atom stereocenters. The van der Waals surface area contributed by atoms with Gasteiger partial charge in [0.15, 0.2) is 0 Å². The van der Waals surface area contributed by atoms with E-state index in [1.54, 1.807) is 34.1 Å². The van der Waals surface area contributed by atoms with Crippen LogP contribution in [0.1, 0.15) is 33.5 Å². The van der Waals surface area contributed by atoms with Gasteiger partial charge in [-0.15, -0.1) is 0 Å². The Hall–Kier alpha value is -3.88. The second-order valence-electron chi connectivity index (χ2n) is 8.39. The number of hydrogen-bond donors (Lipinski definition) is 1. The molecule has 9 heteroatoms. The Morgan fingerprint density at radius 2 is 1.74 bits per heavy atom. The number of aryl methyl sites for hydroxylation is 1. The van der Waals surface area contributed by atoms with E-state index in [9.17, 15) is 27.2 Å². The number of anilines is 2. The van der Waals surface area contributed by atoms with Crippen molar-refractivity contribution < 1.29 is 27.2 Å². The summed E-state index contributed by atoms with van der Waals surface area (Å²) >= 11 is 0. The average molecular weight is 485 g/mol. The Morgan fingerprint density at radius 3 is 2.43 bits per heavy atom. The lowest BCUT2D eigenvalue weighted by molar-refractivity contribution is -0.137. The maximum Gasteiger partial charge on any atom is 0.416 e. The predicted molar refractivity (Wildman–Crippen MR) is 125 cm³/mol. The highest BCUT2D eigenvalue weighted by Gasteiger charge is 2.31. The van der Waals surface area contributed by atoms with Crippen molar-refractivity contribution in [3.63, 3.8) is 0 Å². The molecule has 3 aromatic carbocycles. The molecule has 1 N–H and O–H groups in total. The van der Waals surface area contributed by atoms with Crippen LogP contribution >= 0.6 is 0 Å². The summed E-state index contributed by atoms with van der Waals surface area (Å²) in [6.45, 7) is 2.99. The van der Waals surface area contributed by atoms with Crippen molar-refractivity contribution in [2.24, 2.45) is 0 Å². The van der Waals surface area contributed by atoms with Gasteiger partial charge in [-0.05, 0) is 73.0 Å². The first-order valence-corrected chi connectivity index (χ1v) is 11.0. The van der Waals surface area contributed by atoms with Gasteiger partial charge in [0, 0.05) is 25.2 Å². The molecule has 4 rings (SSSR count). The fourth-order valence-electron chi connectivity index (χ4n) is 4.00. The first-order chi connectivity index (χ1) is 16.6. The summed E-state index contributed by atoms with van der Waals surface area (Å²) in [7, 11) is 0. The Balaban J connectivity index is 1.55. The lowest BCUT2D eigenvalue weighted by Gasteiger charge is -2.36. The van der Waals surface area contributed by atoms with E-state index in [1.807, 2.05) is 13.0 Å². The van der Waals surface area contributed by atoms with Gasteiger partial charge >= 0.3 is 12.2 Å². The van der Waals surface area contributed by atoms with Gasteiger partial charge in [-0.25, -0.2) is 9.18 Å². The molecule has 0 spiro atoms. The molecule has 0 unspecified atom stereocenters. The monoisotopic (exact) mass is 485 g/mol. The SMILES string of the molecule is Cc1ccc(N2CCCN(Cc3cccc(F)c3)C2=O)c(NC(=O)c2ccc(C(F)(F)F)cc2)c1. The van der Waals surface area contributed by atoms with E-state index < -0.39 is 17.6 Å². The number of halogens is 4. The molecule has 0 saturated carbocycles. The molecule has 1 aliphatic heterocycles. The summed E-state index contributed by atoms with van der Waals surface area (Å²) in [6, 6.07) is 14.9. The molecule has 0 aliphatic carbocycles. The van der Waals surface area contributed by atoms with Crippen LogP contribution in [0, 0.1) is 12.7 Å². The van der Waals surface area contributed by atoms with Crippen molar-refractivity contribution in [3.8, 4) is 0 Å². The van der Waals surface area contributed by atoms with E-state index in [0.29, 0.717) is 36.4 Å². The average Bonchev–Trinajstić information content (AvgIpc) is 2.80. The summed E-state index contributed by atoms with van der Waals surface area (Å²) in [5, 5.41) is 2.73. The highest BCUT2D eigenvalue weighted by atomic mass is 19.4. The summed E-state index contributed by atoms with van der Waals surface area (Å²) in [6.07, 6.45) is -3.83. The molecule has 35 heavy (non-hydrogen) atoms. The third kappa shape index (κ3) is 5.62. The van der Waals surface area contributed by atoms with E-state index in [-0.39, 0.29) is 24.0 Å². The van der Waals surface area contributed by atoms with Gasteiger partial charge in [0.25, 0.3) is 5.91 Å². The van der Waals surface area contributed by atoms with Crippen molar-refractivity contribution in [3.05, 3.63) is 94.8 Å². The number of amides is 3. The van der Waals surface area contributed by atoms with E-state index in [1.165, 1.54) is 12.1 Å². The van der Waals surface area contributed by atoms with Crippen LogP contribution in [-0.4, -0.2) is 29.9 Å². The van der Waals surface area contributed by atoms with Crippen LogP contribution in [0.15, 0.2) is 66.7 Å². The number of benzene rings is 3. The Labute approximate surface area is 200 Å². The van der Waals surface area contributed by atoms with Gasteiger partial charge in [-0.3, -0.25) is 9.69 Å². The quantitative estimate of drug-likeness (QED) is 0.435. The van der Waals surface area contributed by atoms with Crippen molar-refractivity contribution in [2.45, 2.75) is 26.1 Å². The molecule has 3 amide bonds. The molecule has 1 saturated heterocycles. The number of rotatable bonds is 5. The summed E-state index contributed by atoms with van der Waals surface area (Å²) in [5.41, 5.74) is 1.56. The Bertz CT molecular complexity index is 1240. The zero-order valence-corrected chi connectivity index (χ0v) is 18.9. The third-order valence-corrected chi connectivity index (χ3v) is 5.74. The fraction of sp³-hybridized carbons (Fsp3) is 0.231. The van der Waals surface area contributed by atoms with Crippen molar-refractivity contribution >= 4 is 23.3 Å². The van der Waals surface area contributed by atoms with Crippen LogP contribution in [0.4, 0.5) is 33.7 Å². The molecule has 1 aliphatic rings. The first-order valence-electron chi connectivity index (χ1n) is 11.0. The van der Waals surface area contributed by atoms with Gasteiger partial charge in [0.05, 0.1) is 16.9 Å². The lowest BCUT2D eigenvalue weighted by atomic mass is 10.1. The van der Waals surface area contributed by atoms with E-state index >= 15 is 0 Å². The smallest absolute Gasteiger partial charge is 0.320 e. The largest absolute Gasteiger partial charge is 0.416 e. The maximum atomic E-state index is 13.6. The minimum Gasteiger partial charge on any atom is -0.320 e. The summed E-state index contributed by atoms with van der Waals surface area (Å²) < 4.78 is 52.1. The molecule has 1 fully saturated rings. The third-order valence-electron chi connectivity index (χ3n) is 5.74. The van der Waals surface area contributed by atoms with E-state index in [0.717, 1.165) is 29.8 Å². The summed E-state index contributed by atoms with van der Waals surface area (Å²) in [4.78, 5) is 29.2. The van der Waals surface area contributed by atoms with Crippen molar-refractivity contribution in [1.82, 2.24) is 4.90 Å². The Kier molecular flexibility index (Phi) is 6.77. The number of nitrogens with zero attached hydrogens (tertiary/aromatic N) is 2. The van der Waals surface area contributed by atoms with Crippen LogP contribution in [0.5, 0.6) is 0 Å².